The van der Waals surface area contributed by atoms with E-state index in [1.165, 1.54) is 6.42 Å². The highest BCUT2D eigenvalue weighted by Gasteiger charge is 2.26. The van der Waals surface area contributed by atoms with Gasteiger partial charge in [0.05, 0.1) is 0 Å². The van der Waals surface area contributed by atoms with Crippen LogP contribution in [0.15, 0.2) is 22.8 Å². The smallest absolute Gasteiger partial charge is 0.272 e. The van der Waals surface area contributed by atoms with E-state index in [1.54, 1.807) is 12.3 Å². The second kappa shape index (κ2) is 6.53. The first-order valence-corrected chi connectivity index (χ1v) is 7.53. The Balaban J connectivity index is 2.17. The molecule has 0 aliphatic carbocycles. The van der Waals surface area contributed by atoms with Crippen molar-refractivity contribution < 1.29 is 4.79 Å². The molecule has 1 aliphatic heterocycles. The van der Waals surface area contributed by atoms with Crippen LogP contribution in [0.2, 0.25) is 0 Å². The maximum atomic E-state index is 12.4. The lowest BCUT2D eigenvalue weighted by Crippen LogP contribution is -2.41. The van der Waals surface area contributed by atoms with Gasteiger partial charge >= 0.3 is 0 Å². The van der Waals surface area contributed by atoms with Gasteiger partial charge in [-0.15, -0.1) is 11.6 Å². The van der Waals surface area contributed by atoms with Crippen molar-refractivity contribution in [3.8, 4) is 0 Å². The summed E-state index contributed by atoms with van der Waals surface area (Å²) in [7, 11) is 0. The van der Waals surface area contributed by atoms with Crippen molar-refractivity contribution in [1.29, 1.82) is 0 Å². The standard InChI is InChI=1S/C13H16BrClN2O/c14-10-5-6-12(16-9-10)13(18)17-7-3-1-2-4-11(17)8-15/h5-6,9,11H,1-4,7-8H2. The Morgan fingerprint density at radius 2 is 2.28 bits per heavy atom. The summed E-state index contributed by atoms with van der Waals surface area (Å²) >= 11 is 9.30. The Morgan fingerprint density at radius 1 is 1.44 bits per heavy atom. The molecule has 0 N–H and O–H groups in total. The highest BCUT2D eigenvalue weighted by Crippen LogP contribution is 2.20. The fourth-order valence-corrected chi connectivity index (χ4v) is 2.81. The van der Waals surface area contributed by atoms with E-state index in [2.05, 4.69) is 20.9 Å². The zero-order valence-corrected chi connectivity index (χ0v) is 12.5. The molecule has 18 heavy (non-hydrogen) atoms. The summed E-state index contributed by atoms with van der Waals surface area (Å²) < 4.78 is 0.879. The lowest BCUT2D eigenvalue weighted by atomic mass is 10.1. The van der Waals surface area contributed by atoms with Crippen LogP contribution in [0.1, 0.15) is 36.2 Å². The fourth-order valence-electron chi connectivity index (χ4n) is 2.25. The number of likely N-dealkylation sites (tertiary alicyclic amines) is 1. The second-order valence-corrected chi connectivity index (χ2v) is 5.74. The Bertz CT molecular complexity index is 410. The molecule has 0 saturated carbocycles. The second-order valence-electron chi connectivity index (χ2n) is 4.52. The maximum Gasteiger partial charge on any atom is 0.272 e. The number of hydrogen-bond donors (Lipinski definition) is 0. The van der Waals surface area contributed by atoms with Crippen molar-refractivity contribution in [2.45, 2.75) is 31.7 Å². The van der Waals surface area contributed by atoms with E-state index in [0.717, 1.165) is 30.3 Å². The molecule has 1 saturated heterocycles. The minimum atomic E-state index is -0.00458. The van der Waals surface area contributed by atoms with Gasteiger partial charge in [0.2, 0.25) is 0 Å². The van der Waals surface area contributed by atoms with Crippen molar-refractivity contribution >= 4 is 33.4 Å². The van der Waals surface area contributed by atoms with Crippen LogP contribution in [0, 0.1) is 0 Å². The lowest BCUT2D eigenvalue weighted by Gasteiger charge is -2.28. The van der Waals surface area contributed by atoms with Crippen LogP contribution in [0.3, 0.4) is 0 Å². The van der Waals surface area contributed by atoms with Gasteiger partial charge < -0.3 is 4.90 Å². The molecule has 1 atom stereocenters. The van der Waals surface area contributed by atoms with Gasteiger partial charge in [0, 0.05) is 29.1 Å². The summed E-state index contributed by atoms with van der Waals surface area (Å²) in [5, 5.41) is 0. The maximum absolute atomic E-state index is 12.4. The normalized spacial score (nSPS) is 20.6. The van der Waals surface area contributed by atoms with Crippen LogP contribution in [-0.4, -0.2) is 34.3 Å². The molecule has 3 nitrogen and oxygen atoms in total. The predicted octanol–water partition coefficient (Wildman–Crippen LogP) is 3.47. The van der Waals surface area contributed by atoms with Crippen LogP contribution in [0.5, 0.6) is 0 Å². The zero-order chi connectivity index (χ0) is 13.0. The quantitative estimate of drug-likeness (QED) is 0.778. The van der Waals surface area contributed by atoms with E-state index in [4.69, 9.17) is 11.6 Å². The van der Waals surface area contributed by atoms with Gasteiger partial charge in [-0.05, 0) is 40.9 Å². The van der Waals surface area contributed by atoms with E-state index in [-0.39, 0.29) is 11.9 Å². The van der Waals surface area contributed by atoms with Crippen molar-refractivity contribution in [2.75, 3.05) is 12.4 Å². The summed E-state index contributed by atoms with van der Waals surface area (Å²) in [6, 6.07) is 3.74. The van der Waals surface area contributed by atoms with Crippen LogP contribution in [0.4, 0.5) is 0 Å². The van der Waals surface area contributed by atoms with E-state index in [0.29, 0.717) is 11.6 Å². The molecule has 0 radical (unpaired) electrons. The van der Waals surface area contributed by atoms with E-state index >= 15 is 0 Å². The van der Waals surface area contributed by atoms with Gasteiger partial charge in [-0.3, -0.25) is 4.79 Å². The third-order valence-corrected chi connectivity index (χ3v) is 4.09. The topological polar surface area (TPSA) is 33.2 Å². The number of hydrogen-bond acceptors (Lipinski definition) is 2. The summed E-state index contributed by atoms with van der Waals surface area (Å²) in [5.74, 6) is 0.498. The molecular weight excluding hydrogens is 316 g/mol. The largest absolute Gasteiger partial charge is 0.333 e. The molecule has 1 unspecified atom stereocenters. The SMILES string of the molecule is O=C(c1ccc(Br)cn1)N1CCCCCC1CCl. The van der Waals surface area contributed by atoms with Crippen molar-refractivity contribution in [2.24, 2.45) is 0 Å². The third kappa shape index (κ3) is 3.23. The number of carbonyl (C=O) groups excluding carboxylic acids is 1. The highest BCUT2D eigenvalue weighted by molar-refractivity contribution is 9.10. The van der Waals surface area contributed by atoms with Crippen molar-refractivity contribution in [3.05, 3.63) is 28.5 Å². The van der Waals surface area contributed by atoms with Gasteiger partial charge in [-0.25, -0.2) is 4.98 Å². The lowest BCUT2D eigenvalue weighted by molar-refractivity contribution is 0.0694. The zero-order valence-electron chi connectivity index (χ0n) is 10.1. The van der Waals surface area contributed by atoms with Gasteiger partial charge in [0.1, 0.15) is 5.69 Å². The number of amides is 1. The van der Waals surface area contributed by atoms with Gasteiger partial charge in [-0.2, -0.15) is 0 Å². The molecular formula is C13H16BrClN2O. The molecule has 0 aromatic carbocycles. The number of aromatic nitrogens is 1. The first-order valence-electron chi connectivity index (χ1n) is 6.21. The minimum Gasteiger partial charge on any atom is -0.333 e. The number of rotatable bonds is 2. The number of nitrogens with zero attached hydrogens (tertiary/aromatic N) is 2. The van der Waals surface area contributed by atoms with Crippen LogP contribution < -0.4 is 0 Å². The average molecular weight is 332 g/mol. The number of halogens is 2. The molecule has 5 heteroatoms. The molecule has 2 heterocycles. The van der Waals surface area contributed by atoms with Crippen molar-refractivity contribution in [3.63, 3.8) is 0 Å². The Labute approximate surface area is 121 Å². The number of alkyl halides is 1. The molecule has 98 valence electrons. The van der Waals surface area contributed by atoms with Crippen LogP contribution in [0.25, 0.3) is 0 Å². The summed E-state index contributed by atoms with van der Waals surface area (Å²) in [5.41, 5.74) is 0.496. The molecule has 1 aromatic heterocycles. The molecule has 0 spiro atoms. The molecule has 1 aliphatic rings. The first kappa shape index (κ1) is 13.8. The summed E-state index contributed by atoms with van der Waals surface area (Å²) in [4.78, 5) is 18.5. The first-order chi connectivity index (χ1) is 8.72. The van der Waals surface area contributed by atoms with Gasteiger partial charge in [0.25, 0.3) is 5.91 Å². The van der Waals surface area contributed by atoms with Crippen LogP contribution in [-0.2, 0) is 0 Å². The van der Waals surface area contributed by atoms with Crippen LogP contribution >= 0.6 is 27.5 Å². The Hall–Kier alpha value is -0.610. The van der Waals surface area contributed by atoms with Gasteiger partial charge in [-0.1, -0.05) is 12.8 Å². The number of pyridine rings is 1. The third-order valence-electron chi connectivity index (χ3n) is 3.26. The van der Waals surface area contributed by atoms with E-state index in [9.17, 15) is 4.79 Å². The fraction of sp³-hybridized carbons (Fsp3) is 0.538. The van der Waals surface area contributed by atoms with E-state index in [1.807, 2.05) is 11.0 Å². The Morgan fingerprint density at radius 3 is 2.94 bits per heavy atom. The minimum absolute atomic E-state index is 0.00458. The summed E-state index contributed by atoms with van der Waals surface area (Å²) in [6.45, 7) is 0.786. The van der Waals surface area contributed by atoms with Gasteiger partial charge in [0.15, 0.2) is 0 Å². The Kier molecular flexibility index (Phi) is 5.01. The monoisotopic (exact) mass is 330 g/mol. The number of carbonyl (C=O) groups is 1. The molecule has 1 fully saturated rings. The predicted molar refractivity (Wildman–Crippen MR) is 75.9 cm³/mol. The highest BCUT2D eigenvalue weighted by atomic mass is 79.9. The molecule has 1 aromatic rings. The molecule has 1 amide bonds. The van der Waals surface area contributed by atoms with E-state index < -0.39 is 0 Å². The molecule has 2 rings (SSSR count). The van der Waals surface area contributed by atoms with Crippen molar-refractivity contribution in [1.82, 2.24) is 9.88 Å². The summed E-state index contributed by atoms with van der Waals surface area (Å²) in [6.07, 6.45) is 6.02. The average Bonchev–Trinajstić information content (AvgIpc) is 2.63. The molecule has 0 bridgehead atoms.